The first-order valence-corrected chi connectivity index (χ1v) is 13.3. The van der Waals surface area contributed by atoms with Crippen LogP contribution < -0.4 is 5.32 Å². The number of nitrogens with one attached hydrogen (secondary N) is 1. The number of halogens is 2. The summed E-state index contributed by atoms with van der Waals surface area (Å²) >= 11 is 12.6. The molecule has 2 amide bonds. The Bertz CT molecular complexity index is 1080. The van der Waals surface area contributed by atoms with Crippen LogP contribution >= 0.6 is 23.2 Å². The minimum absolute atomic E-state index is 0.101. The first-order valence-electron chi connectivity index (χ1n) is 12.6. The second kappa shape index (κ2) is 14.1. The van der Waals surface area contributed by atoms with Gasteiger partial charge in [0.15, 0.2) is 0 Å². The Morgan fingerprint density at radius 3 is 2.03 bits per heavy atom. The van der Waals surface area contributed by atoms with E-state index in [-0.39, 0.29) is 30.7 Å². The van der Waals surface area contributed by atoms with Gasteiger partial charge in [-0.15, -0.1) is 0 Å². The lowest BCUT2D eigenvalue weighted by molar-refractivity contribution is -0.141. The number of benzene rings is 3. The van der Waals surface area contributed by atoms with Crippen LogP contribution in [-0.2, 0) is 16.1 Å². The third-order valence-electron chi connectivity index (χ3n) is 6.35. The fourth-order valence-electron chi connectivity index (χ4n) is 4.35. The molecule has 4 nitrogen and oxygen atoms in total. The molecule has 36 heavy (non-hydrogen) atoms. The molecule has 0 fully saturated rings. The van der Waals surface area contributed by atoms with E-state index < -0.39 is 6.04 Å². The van der Waals surface area contributed by atoms with Crippen LogP contribution in [-0.4, -0.2) is 29.3 Å². The van der Waals surface area contributed by atoms with Crippen molar-refractivity contribution in [3.8, 4) is 0 Å². The van der Waals surface area contributed by atoms with Crippen molar-refractivity contribution in [1.29, 1.82) is 0 Å². The summed E-state index contributed by atoms with van der Waals surface area (Å²) in [7, 11) is 0. The average Bonchev–Trinajstić information content (AvgIpc) is 2.89. The normalized spacial score (nSPS) is 11.8. The van der Waals surface area contributed by atoms with Gasteiger partial charge in [0.1, 0.15) is 6.04 Å². The van der Waals surface area contributed by atoms with Crippen LogP contribution in [0.5, 0.6) is 0 Å². The van der Waals surface area contributed by atoms with Crippen molar-refractivity contribution >= 4 is 35.0 Å². The molecule has 1 atom stereocenters. The molecule has 0 radical (unpaired) electrons. The molecule has 0 aromatic heterocycles. The Kier molecular flexibility index (Phi) is 10.8. The number of carbonyl (C=O) groups is 2. The first-order chi connectivity index (χ1) is 17.4. The molecular weight excluding hydrogens is 491 g/mol. The number of amides is 2. The molecule has 1 N–H and O–H groups in total. The van der Waals surface area contributed by atoms with E-state index >= 15 is 0 Å². The highest BCUT2D eigenvalue weighted by atomic mass is 35.5. The maximum Gasteiger partial charge on any atom is 0.242 e. The Balaban J connectivity index is 1.95. The second-order valence-electron chi connectivity index (χ2n) is 8.90. The number of hydrogen-bond acceptors (Lipinski definition) is 2. The lowest BCUT2D eigenvalue weighted by Crippen LogP contribution is -2.49. The zero-order chi connectivity index (χ0) is 25.9. The van der Waals surface area contributed by atoms with Crippen molar-refractivity contribution in [3.05, 3.63) is 106 Å². The summed E-state index contributed by atoms with van der Waals surface area (Å²) < 4.78 is 0. The van der Waals surface area contributed by atoms with E-state index in [0.717, 1.165) is 29.5 Å². The Morgan fingerprint density at radius 1 is 0.889 bits per heavy atom. The summed E-state index contributed by atoms with van der Waals surface area (Å²) in [6.45, 7) is 4.83. The molecule has 0 saturated heterocycles. The predicted octanol–water partition coefficient (Wildman–Crippen LogP) is 7.24. The zero-order valence-electron chi connectivity index (χ0n) is 20.9. The van der Waals surface area contributed by atoms with Crippen LogP contribution in [0.4, 0.5) is 0 Å². The van der Waals surface area contributed by atoms with Crippen molar-refractivity contribution in [2.75, 3.05) is 6.54 Å². The maximum absolute atomic E-state index is 14.0. The Morgan fingerprint density at radius 2 is 1.50 bits per heavy atom. The molecule has 3 aromatic carbocycles. The van der Waals surface area contributed by atoms with E-state index in [1.165, 1.54) is 0 Å². The number of carbonyl (C=O) groups excluding carboxylic acids is 2. The Labute approximate surface area is 224 Å². The highest BCUT2D eigenvalue weighted by molar-refractivity contribution is 6.35. The quantitative estimate of drug-likeness (QED) is 0.254. The first kappa shape index (κ1) is 27.8. The largest absolute Gasteiger partial charge is 0.354 e. The van der Waals surface area contributed by atoms with Gasteiger partial charge in [0.05, 0.1) is 0 Å². The molecule has 0 unspecified atom stereocenters. The summed E-state index contributed by atoms with van der Waals surface area (Å²) in [5.41, 5.74) is 2.87. The number of hydrogen-bond donors (Lipinski definition) is 1. The standard InChI is InChI=1S/C30H34Cl2N2O2/c1-3-5-18-33-30(36)28(4-2)34(21-24-16-17-25(31)19-27(24)32)29(35)20-26(22-12-8-6-9-13-22)23-14-10-7-11-15-23/h6-17,19,26,28H,3-5,18,20-21H2,1-2H3,(H,33,36)/t28-/m1/s1. The fourth-order valence-corrected chi connectivity index (χ4v) is 4.82. The number of unbranched alkanes of at least 4 members (excludes halogenated alkanes) is 1. The van der Waals surface area contributed by atoms with Gasteiger partial charge in [0.2, 0.25) is 11.8 Å². The van der Waals surface area contributed by atoms with Gasteiger partial charge in [-0.3, -0.25) is 9.59 Å². The van der Waals surface area contributed by atoms with Gasteiger partial charge in [-0.05, 0) is 41.7 Å². The monoisotopic (exact) mass is 524 g/mol. The van der Waals surface area contributed by atoms with Crippen LogP contribution in [0.2, 0.25) is 10.0 Å². The maximum atomic E-state index is 14.0. The van der Waals surface area contributed by atoms with Crippen molar-refractivity contribution < 1.29 is 9.59 Å². The SMILES string of the molecule is CCCCNC(=O)[C@@H](CC)N(Cc1ccc(Cl)cc1Cl)C(=O)CC(c1ccccc1)c1ccccc1. The lowest BCUT2D eigenvalue weighted by Gasteiger charge is -2.32. The van der Waals surface area contributed by atoms with Crippen molar-refractivity contribution in [1.82, 2.24) is 10.2 Å². The van der Waals surface area contributed by atoms with Crippen molar-refractivity contribution in [2.45, 2.75) is 58.0 Å². The fraction of sp³-hybridized carbons (Fsp3) is 0.333. The molecule has 0 spiro atoms. The zero-order valence-corrected chi connectivity index (χ0v) is 22.4. The second-order valence-corrected chi connectivity index (χ2v) is 9.75. The van der Waals surface area contributed by atoms with Crippen LogP contribution in [0.25, 0.3) is 0 Å². The van der Waals surface area contributed by atoms with Gasteiger partial charge < -0.3 is 10.2 Å². The molecule has 6 heteroatoms. The smallest absolute Gasteiger partial charge is 0.242 e. The molecule has 3 rings (SSSR count). The van der Waals surface area contributed by atoms with Crippen LogP contribution in [0, 0.1) is 0 Å². The summed E-state index contributed by atoms with van der Waals surface area (Å²) in [5, 5.41) is 4.01. The van der Waals surface area contributed by atoms with E-state index in [1.54, 1.807) is 17.0 Å². The molecule has 3 aromatic rings. The van der Waals surface area contributed by atoms with Gasteiger partial charge in [-0.25, -0.2) is 0 Å². The van der Waals surface area contributed by atoms with Crippen LogP contribution in [0.3, 0.4) is 0 Å². The summed E-state index contributed by atoms with van der Waals surface area (Å²) in [6, 6.07) is 24.7. The molecule has 0 heterocycles. The molecule has 190 valence electrons. The lowest BCUT2D eigenvalue weighted by atomic mass is 9.88. The molecular formula is C30H34Cl2N2O2. The van der Waals surface area contributed by atoms with E-state index in [4.69, 9.17) is 23.2 Å². The number of rotatable bonds is 12. The van der Waals surface area contributed by atoms with Crippen LogP contribution in [0.1, 0.15) is 62.1 Å². The minimum Gasteiger partial charge on any atom is -0.354 e. The highest BCUT2D eigenvalue weighted by Crippen LogP contribution is 2.30. The minimum atomic E-state index is -0.603. The van der Waals surface area contributed by atoms with E-state index in [1.807, 2.05) is 73.7 Å². The topological polar surface area (TPSA) is 49.4 Å². The molecule has 0 bridgehead atoms. The molecule has 0 aliphatic carbocycles. The van der Waals surface area contributed by atoms with Gasteiger partial charge >= 0.3 is 0 Å². The van der Waals surface area contributed by atoms with Gasteiger partial charge in [-0.1, -0.05) is 110 Å². The molecule has 0 aliphatic rings. The van der Waals surface area contributed by atoms with Crippen molar-refractivity contribution in [3.63, 3.8) is 0 Å². The predicted molar refractivity (Wildman–Crippen MR) is 148 cm³/mol. The van der Waals surface area contributed by atoms with E-state index in [9.17, 15) is 9.59 Å². The molecule has 0 saturated carbocycles. The third-order valence-corrected chi connectivity index (χ3v) is 6.94. The van der Waals surface area contributed by atoms with E-state index in [0.29, 0.717) is 23.0 Å². The van der Waals surface area contributed by atoms with Crippen molar-refractivity contribution in [2.24, 2.45) is 0 Å². The van der Waals surface area contributed by atoms with Gasteiger partial charge in [0, 0.05) is 35.5 Å². The van der Waals surface area contributed by atoms with Gasteiger partial charge in [-0.2, -0.15) is 0 Å². The Hall–Kier alpha value is -2.82. The summed E-state index contributed by atoms with van der Waals surface area (Å²) in [6.07, 6.45) is 2.60. The molecule has 0 aliphatic heterocycles. The summed E-state index contributed by atoms with van der Waals surface area (Å²) in [5.74, 6) is -0.375. The number of nitrogens with zero attached hydrogens (tertiary/aromatic N) is 1. The van der Waals surface area contributed by atoms with E-state index in [2.05, 4.69) is 12.2 Å². The summed E-state index contributed by atoms with van der Waals surface area (Å²) in [4.78, 5) is 28.9. The highest BCUT2D eigenvalue weighted by Gasteiger charge is 2.31. The average molecular weight is 526 g/mol. The third kappa shape index (κ3) is 7.59. The van der Waals surface area contributed by atoms with Gasteiger partial charge in [0.25, 0.3) is 0 Å². The van der Waals surface area contributed by atoms with Crippen LogP contribution in [0.15, 0.2) is 78.9 Å².